The first-order valence-corrected chi connectivity index (χ1v) is 10.1. The second kappa shape index (κ2) is 6.71. The molecule has 0 spiro atoms. The summed E-state index contributed by atoms with van der Waals surface area (Å²) in [4.78, 5) is 0. The molecule has 0 aliphatic heterocycles. The van der Waals surface area contributed by atoms with Crippen LogP contribution in [0.2, 0.25) is 0 Å². The lowest BCUT2D eigenvalue weighted by Crippen LogP contribution is -2.47. The van der Waals surface area contributed by atoms with Crippen LogP contribution in [0.1, 0.15) is 51.5 Å². The molecule has 1 aliphatic rings. The molecule has 1 aliphatic carbocycles. The lowest BCUT2D eigenvalue weighted by Gasteiger charge is -2.36. The van der Waals surface area contributed by atoms with E-state index in [0.717, 1.165) is 12.8 Å². The zero-order valence-electron chi connectivity index (χ0n) is 14.2. The van der Waals surface area contributed by atoms with E-state index in [1.807, 2.05) is 0 Å². The fraction of sp³-hybridized carbons (Fsp3) is 0.667. The van der Waals surface area contributed by atoms with Crippen molar-refractivity contribution in [2.75, 3.05) is 12.8 Å². The number of hydrogen-bond donors (Lipinski definition) is 1. The van der Waals surface area contributed by atoms with Gasteiger partial charge in [-0.2, -0.15) is 0 Å². The second-order valence-corrected chi connectivity index (χ2v) is 10.2. The molecule has 3 nitrogen and oxygen atoms in total. The highest BCUT2D eigenvalue weighted by Crippen LogP contribution is 2.36. The van der Waals surface area contributed by atoms with Gasteiger partial charge in [0.1, 0.15) is 0 Å². The van der Waals surface area contributed by atoms with Crippen LogP contribution >= 0.6 is 0 Å². The first-order valence-electron chi connectivity index (χ1n) is 8.17. The lowest BCUT2D eigenvalue weighted by atomic mass is 9.76. The van der Waals surface area contributed by atoms with Crippen molar-refractivity contribution in [2.45, 2.75) is 56.7 Å². The fourth-order valence-electron chi connectivity index (χ4n) is 3.29. The monoisotopic (exact) mass is 323 g/mol. The molecule has 1 aromatic carbocycles. The predicted octanol–water partition coefficient (Wildman–Crippen LogP) is 3.37. The molecular weight excluding hydrogens is 294 g/mol. The lowest BCUT2D eigenvalue weighted by molar-refractivity contribution is 0.268. The van der Waals surface area contributed by atoms with Crippen LogP contribution < -0.4 is 5.32 Å². The number of nitrogens with one attached hydrogen (secondary N) is 1. The fourth-order valence-corrected chi connectivity index (χ4v) is 3.63. The van der Waals surface area contributed by atoms with Crippen molar-refractivity contribution >= 4 is 9.84 Å². The molecule has 0 saturated heterocycles. The maximum Gasteiger partial charge on any atom is 0.153 e. The van der Waals surface area contributed by atoms with Crippen molar-refractivity contribution in [3.63, 3.8) is 0 Å². The van der Waals surface area contributed by atoms with Gasteiger partial charge in [0.2, 0.25) is 0 Å². The zero-order valence-corrected chi connectivity index (χ0v) is 15.0. The van der Waals surface area contributed by atoms with Crippen LogP contribution in [0, 0.1) is 5.92 Å². The smallest absolute Gasteiger partial charge is 0.153 e. The van der Waals surface area contributed by atoms with Crippen LogP contribution in [0.5, 0.6) is 0 Å². The predicted molar refractivity (Wildman–Crippen MR) is 92.9 cm³/mol. The maximum atomic E-state index is 11.8. The van der Waals surface area contributed by atoms with Crippen molar-refractivity contribution < 1.29 is 8.42 Å². The van der Waals surface area contributed by atoms with Gasteiger partial charge >= 0.3 is 0 Å². The summed E-state index contributed by atoms with van der Waals surface area (Å²) in [6.45, 7) is 6.42. The molecular formula is C18H29NO2S. The van der Waals surface area contributed by atoms with Gasteiger partial charge in [-0.3, -0.25) is 0 Å². The van der Waals surface area contributed by atoms with E-state index in [0.29, 0.717) is 24.4 Å². The first-order chi connectivity index (χ1) is 10.2. The van der Waals surface area contributed by atoms with Crippen molar-refractivity contribution in [3.05, 3.63) is 35.9 Å². The molecule has 22 heavy (non-hydrogen) atoms. The molecule has 1 fully saturated rings. The first kappa shape index (κ1) is 17.5. The minimum Gasteiger partial charge on any atom is -0.312 e. The van der Waals surface area contributed by atoms with Gasteiger partial charge in [0.05, 0.1) is 4.75 Å². The average molecular weight is 324 g/mol. The average Bonchev–Trinajstić information content (AvgIpc) is 2.44. The van der Waals surface area contributed by atoms with Crippen molar-refractivity contribution in [1.29, 1.82) is 0 Å². The number of sulfone groups is 1. The molecule has 4 heteroatoms. The van der Waals surface area contributed by atoms with Gasteiger partial charge in [-0.15, -0.1) is 0 Å². The third-order valence-corrected chi connectivity index (χ3v) is 7.19. The summed E-state index contributed by atoms with van der Waals surface area (Å²) < 4.78 is 23.0. The van der Waals surface area contributed by atoms with Crippen LogP contribution in [0.15, 0.2) is 30.3 Å². The van der Waals surface area contributed by atoms with Crippen LogP contribution in [-0.4, -0.2) is 32.0 Å². The molecule has 1 aromatic rings. The summed E-state index contributed by atoms with van der Waals surface area (Å²) in [6.07, 6.45) is 4.76. The van der Waals surface area contributed by atoms with E-state index in [2.05, 4.69) is 42.6 Å². The molecule has 0 radical (unpaired) electrons. The Morgan fingerprint density at radius 1 is 1.14 bits per heavy atom. The van der Waals surface area contributed by atoms with E-state index in [1.54, 1.807) is 13.8 Å². The summed E-state index contributed by atoms with van der Waals surface area (Å²) in [5.41, 5.74) is 1.41. The Labute approximate surface area is 135 Å². The molecule has 1 N–H and O–H groups in total. The van der Waals surface area contributed by atoms with Crippen LogP contribution in [0.25, 0.3) is 0 Å². The topological polar surface area (TPSA) is 46.2 Å². The Morgan fingerprint density at radius 3 is 2.36 bits per heavy atom. The molecule has 2 rings (SSSR count). The third-order valence-electron chi connectivity index (χ3n) is 5.03. The van der Waals surface area contributed by atoms with Crippen LogP contribution in [-0.2, 0) is 9.84 Å². The van der Waals surface area contributed by atoms with Crippen LogP contribution in [0.4, 0.5) is 0 Å². The van der Waals surface area contributed by atoms with Gasteiger partial charge in [-0.1, -0.05) is 37.3 Å². The minimum absolute atomic E-state index is 0.398. The van der Waals surface area contributed by atoms with E-state index in [1.165, 1.54) is 18.2 Å². The van der Waals surface area contributed by atoms with Crippen molar-refractivity contribution in [2.24, 2.45) is 5.92 Å². The molecule has 0 bridgehead atoms. The van der Waals surface area contributed by atoms with Gasteiger partial charge in [0.15, 0.2) is 9.84 Å². The van der Waals surface area contributed by atoms with Gasteiger partial charge in [-0.05, 0) is 50.5 Å². The second-order valence-electron chi connectivity index (χ2n) is 7.53. The number of benzene rings is 1. The normalized spacial score (nSPS) is 26.8. The highest BCUT2D eigenvalue weighted by molar-refractivity contribution is 7.92. The molecule has 0 unspecified atom stereocenters. The summed E-state index contributed by atoms with van der Waals surface area (Å²) >= 11 is 0. The van der Waals surface area contributed by atoms with E-state index in [-0.39, 0.29) is 0 Å². The van der Waals surface area contributed by atoms with E-state index >= 15 is 0 Å². The standard InChI is InChI=1S/C18H29NO2S/c1-14-10-16(15-8-6-5-7-9-15)12-17(11-14)19-13-18(2,3)22(4,20)21/h5-9,14,16-17,19H,10-13H2,1-4H3/t14-,16-,17+/m0/s1. The summed E-state index contributed by atoms with van der Waals surface area (Å²) in [5, 5.41) is 3.52. The van der Waals surface area contributed by atoms with Gasteiger partial charge in [0, 0.05) is 18.8 Å². The Kier molecular flexibility index (Phi) is 5.33. The molecule has 0 aromatic heterocycles. The highest BCUT2D eigenvalue weighted by Gasteiger charge is 2.33. The van der Waals surface area contributed by atoms with E-state index in [4.69, 9.17) is 0 Å². The molecule has 124 valence electrons. The number of hydrogen-bond acceptors (Lipinski definition) is 3. The third kappa shape index (κ3) is 4.32. The molecule has 0 heterocycles. The summed E-state index contributed by atoms with van der Waals surface area (Å²) in [5.74, 6) is 1.24. The van der Waals surface area contributed by atoms with Gasteiger partial charge < -0.3 is 5.32 Å². The maximum absolute atomic E-state index is 11.8. The Hall–Kier alpha value is -0.870. The molecule has 0 amide bonds. The molecule has 1 saturated carbocycles. The summed E-state index contributed by atoms with van der Waals surface area (Å²) in [6, 6.07) is 11.1. The van der Waals surface area contributed by atoms with Gasteiger partial charge in [0.25, 0.3) is 0 Å². The quantitative estimate of drug-likeness (QED) is 0.903. The Morgan fingerprint density at radius 2 is 1.77 bits per heavy atom. The van der Waals surface area contributed by atoms with Crippen LogP contribution in [0.3, 0.4) is 0 Å². The van der Waals surface area contributed by atoms with E-state index in [9.17, 15) is 8.42 Å². The SMILES string of the molecule is C[C@@H]1C[C@@H](NCC(C)(C)S(C)(=O)=O)C[C@@H](c2ccccc2)C1. The summed E-state index contributed by atoms with van der Waals surface area (Å²) in [7, 11) is -3.04. The molecule has 3 atom stereocenters. The Balaban J connectivity index is 2.00. The van der Waals surface area contributed by atoms with E-state index < -0.39 is 14.6 Å². The highest BCUT2D eigenvalue weighted by atomic mass is 32.2. The minimum atomic E-state index is -3.04. The Bertz CT molecular complexity index is 580. The zero-order chi connectivity index (χ0) is 16.4. The largest absolute Gasteiger partial charge is 0.312 e. The van der Waals surface area contributed by atoms with Crippen molar-refractivity contribution in [1.82, 2.24) is 5.32 Å². The van der Waals surface area contributed by atoms with Gasteiger partial charge in [-0.25, -0.2) is 8.42 Å². The number of rotatable bonds is 5. The van der Waals surface area contributed by atoms with Crippen molar-refractivity contribution in [3.8, 4) is 0 Å².